The van der Waals surface area contributed by atoms with Gasteiger partial charge in [-0.15, -0.1) is 0 Å². The number of hydrogen-bond acceptors (Lipinski definition) is 3. The molecule has 3 rings (SSSR count). The van der Waals surface area contributed by atoms with Crippen LogP contribution in [0.15, 0.2) is 60.8 Å². The zero-order chi connectivity index (χ0) is 17.8. The van der Waals surface area contributed by atoms with Crippen molar-refractivity contribution in [2.24, 2.45) is 0 Å². The van der Waals surface area contributed by atoms with Crippen LogP contribution in [0, 0.1) is 18.6 Å². The standard InChI is InChI=1S/C19H15F2N3O/c1-12-5-7-13(8-6-12)24-19(25)17-10-9-14(11-22-17)23-18-15(20)3-2-4-16(18)21/h2-11,23H,1H3,(H,24,25). The van der Waals surface area contributed by atoms with Gasteiger partial charge in [0, 0.05) is 5.69 Å². The van der Waals surface area contributed by atoms with Crippen LogP contribution in [-0.4, -0.2) is 10.9 Å². The third-order valence-electron chi connectivity index (χ3n) is 3.54. The minimum atomic E-state index is -0.707. The molecule has 1 aromatic heterocycles. The molecule has 0 unspecified atom stereocenters. The molecule has 25 heavy (non-hydrogen) atoms. The first kappa shape index (κ1) is 16.6. The van der Waals surface area contributed by atoms with Gasteiger partial charge in [-0.25, -0.2) is 13.8 Å². The number of benzene rings is 2. The third-order valence-corrected chi connectivity index (χ3v) is 3.54. The first-order chi connectivity index (χ1) is 12.0. The van der Waals surface area contributed by atoms with E-state index in [4.69, 9.17) is 0 Å². The van der Waals surface area contributed by atoms with Crippen LogP contribution in [0.3, 0.4) is 0 Å². The predicted molar refractivity (Wildman–Crippen MR) is 93.0 cm³/mol. The van der Waals surface area contributed by atoms with Crippen LogP contribution in [0.5, 0.6) is 0 Å². The number of nitrogens with one attached hydrogen (secondary N) is 2. The summed E-state index contributed by atoms with van der Waals surface area (Å²) >= 11 is 0. The highest BCUT2D eigenvalue weighted by molar-refractivity contribution is 6.02. The lowest BCUT2D eigenvalue weighted by molar-refractivity contribution is 0.102. The lowest BCUT2D eigenvalue weighted by Gasteiger charge is -2.09. The number of aromatic nitrogens is 1. The fourth-order valence-corrected chi connectivity index (χ4v) is 2.20. The summed E-state index contributed by atoms with van der Waals surface area (Å²) in [4.78, 5) is 16.2. The molecule has 4 nitrogen and oxygen atoms in total. The average molecular weight is 339 g/mol. The Hall–Kier alpha value is -3.28. The summed E-state index contributed by atoms with van der Waals surface area (Å²) in [5, 5.41) is 5.35. The topological polar surface area (TPSA) is 54.0 Å². The highest BCUT2D eigenvalue weighted by Crippen LogP contribution is 2.22. The van der Waals surface area contributed by atoms with Gasteiger partial charge in [0.25, 0.3) is 5.91 Å². The average Bonchev–Trinajstić information content (AvgIpc) is 2.61. The molecule has 1 heterocycles. The molecule has 0 atom stereocenters. The van der Waals surface area contributed by atoms with E-state index in [0.29, 0.717) is 11.4 Å². The van der Waals surface area contributed by atoms with Crippen LogP contribution < -0.4 is 10.6 Å². The van der Waals surface area contributed by atoms with E-state index >= 15 is 0 Å². The smallest absolute Gasteiger partial charge is 0.274 e. The summed E-state index contributed by atoms with van der Waals surface area (Å²) in [5.74, 6) is -1.78. The summed E-state index contributed by atoms with van der Waals surface area (Å²) in [6, 6.07) is 14.0. The molecule has 126 valence electrons. The van der Waals surface area contributed by atoms with E-state index in [-0.39, 0.29) is 17.3 Å². The lowest BCUT2D eigenvalue weighted by Crippen LogP contribution is -2.13. The Labute approximate surface area is 143 Å². The number of amides is 1. The molecule has 0 aliphatic carbocycles. The van der Waals surface area contributed by atoms with Crippen molar-refractivity contribution in [3.05, 3.63) is 83.7 Å². The molecule has 1 amide bonds. The quantitative estimate of drug-likeness (QED) is 0.727. The van der Waals surface area contributed by atoms with Gasteiger partial charge in [0.15, 0.2) is 0 Å². The van der Waals surface area contributed by atoms with Crippen molar-refractivity contribution >= 4 is 23.0 Å². The molecule has 0 radical (unpaired) electrons. The molecule has 0 saturated heterocycles. The molecule has 0 saturated carbocycles. The number of pyridine rings is 1. The predicted octanol–water partition coefficient (Wildman–Crippen LogP) is 4.66. The van der Waals surface area contributed by atoms with Gasteiger partial charge < -0.3 is 10.6 Å². The minimum absolute atomic E-state index is 0.195. The second-order valence-corrected chi connectivity index (χ2v) is 5.47. The third kappa shape index (κ3) is 3.98. The highest BCUT2D eigenvalue weighted by atomic mass is 19.1. The largest absolute Gasteiger partial charge is 0.349 e. The lowest BCUT2D eigenvalue weighted by atomic mass is 10.2. The van der Waals surface area contributed by atoms with Crippen LogP contribution in [0.25, 0.3) is 0 Å². The van der Waals surface area contributed by atoms with Crippen LogP contribution >= 0.6 is 0 Å². The molecule has 0 bridgehead atoms. The molecule has 0 spiro atoms. The SMILES string of the molecule is Cc1ccc(NC(=O)c2ccc(Nc3c(F)cccc3F)cn2)cc1. The Morgan fingerprint density at radius 2 is 1.56 bits per heavy atom. The van der Waals surface area contributed by atoms with Gasteiger partial charge in [-0.3, -0.25) is 4.79 Å². The van der Waals surface area contributed by atoms with Crippen LogP contribution in [0.1, 0.15) is 16.1 Å². The number of aryl methyl sites for hydroxylation is 1. The van der Waals surface area contributed by atoms with Crippen molar-refractivity contribution in [1.29, 1.82) is 0 Å². The van der Waals surface area contributed by atoms with E-state index in [0.717, 1.165) is 17.7 Å². The van der Waals surface area contributed by atoms with Crippen molar-refractivity contribution in [3.8, 4) is 0 Å². The Morgan fingerprint density at radius 3 is 2.16 bits per heavy atom. The van der Waals surface area contributed by atoms with Crippen molar-refractivity contribution in [1.82, 2.24) is 4.98 Å². The number of carbonyl (C=O) groups is 1. The first-order valence-electron chi connectivity index (χ1n) is 7.58. The van der Waals surface area contributed by atoms with Gasteiger partial charge in [-0.05, 0) is 43.3 Å². The molecule has 2 aromatic carbocycles. The normalized spacial score (nSPS) is 10.4. The zero-order valence-electron chi connectivity index (χ0n) is 13.4. The molecule has 0 aliphatic rings. The number of nitrogens with zero attached hydrogens (tertiary/aromatic N) is 1. The Morgan fingerprint density at radius 1 is 0.920 bits per heavy atom. The molecular weight excluding hydrogens is 324 g/mol. The molecule has 0 fully saturated rings. The van der Waals surface area contributed by atoms with E-state index in [1.54, 1.807) is 12.1 Å². The fourth-order valence-electron chi connectivity index (χ4n) is 2.20. The molecule has 3 aromatic rings. The zero-order valence-corrected chi connectivity index (χ0v) is 13.4. The maximum atomic E-state index is 13.6. The van der Waals surface area contributed by atoms with E-state index in [1.165, 1.54) is 24.4 Å². The van der Waals surface area contributed by atoms with Crippen molar-refractivity contribution in [3.63, 3.8) is 0 Å². The summed E-state index contributed by atoms with van der Waals surface area (Å²) < 4.78 is 27.3. The van der Waals surface area contributed by atoms with Gasteiger partial charge >= 0.3 is 0 Å². The van der Waals surface area contributed by atoms with Crippen molar-refractivity contribution < 1.29 is 13.6 Å². The number of anilines is 3. The van der Waals surface area contributed by atoms with Gasteiger partial charge in [0.1, 0.15) is 23.0 Å². The van der Waals surface area contributed by atoms with Gasteiger partial charge in [0.2, 0.25) is 0 Å². The van der Waals surface area contributed by atoms with Crippen molar-refractivity contribution in [2.75, 3.05) is 10.6 Å². The van der Waals surface area contributed by atoms with Gasteiger partial charge in [-0.2, -0.15) is 0 Å². The summed E-state index contributed by atoms with van der Waals surface area (Å²) in [6.07, 6.45) is 1.34. The second kappa shape index (κ2) is 7.09. The van der Waals surface area contributed by atoms with E-state index in [1.807, 2.05) is 19.1 Å². The maximum absolute atomic E-state index is 13.6. The molecule has 6 heteroatoms. The fraction of sp³-hybridized carbons (Fsp3) is 0.0526. The number of carbonyl (C=O) groups excluding carboxylic acids is 1. The minimum Gasteiger partial charge on any atom is -0.349 e. The van der Waals surface area contributed by atoms with Gasteiger partial charge in [-0.1, -0.05) is 23.8 Å². The van der Waals surface area contributed by atoms with Gasteiger partial charge in [0.05, 0.1) is 11.9 Å². The van der Waals surface area contributed by atoms with Crippen LogP contribution in [-0.2, 0) is 0 Å². The number of rotatable bonds is 4. The first-order valence-corrected chi connectivity index (χ1v) is 7.58. The van der Waals surface area contributed by atoms with Crippen molar-refractivity contribution in [2.45, 2.75) is 6.92 Å². The summed E-state index contributed by atoms with van der Waals surface area (Å²) in [5.41, 5.74) is 2.05. The monoisotopic (exact) mass is 339 g/mol. The molecule has 2 N–H and O–H groups in total. The van der Waals surface area contributed by atoms with E-state index in [2.05, 4.69) is 15.6 Å². The van der Waals surface area contributed by atoms with Crippen LogP contribution in [0.4, 0.5) is 25.8 Å². The summed E-state index contributed by atoms with van der Waals surface area (Å²) in [6.45, 7) is 1.96. The maximum Gasteiger partial charge on any atom is 0.274 e. The summed E-state index contributed by atoms with van der Waals surface area (Å²) in [7, 11) is 0. The Bertz CT molecular complexity index is 873. The highest BCUT2D eigenvalue weighted by Gasteiger charge is 2.10. The Kier molecular flexibility index (Phi) is 4.70. The molecule has 0 aliphatic heterocycles. The van der Waals surface area contributed by atoms with E-state index < -0.39 is 11.6 Å². The molecular formula is C19H15F2N3O. The number of hydrogen-bond donors (Lipinski definition) is 2. The van der Waals surface area contributed by atoms with Crippen LogP contribution in [0.2, 0.25) is 0 Å². The Balaban J connectivity index is 1.71. The number of para-hydroxylation sites is 1. The van der Waals surface area contributed by atoms with E-state index in [9.17, 15) is 13.6 Å². The second-order valence-electron chi connectivity index (χ2n) is 5.47. The number of halogens is 2.